The Labute approximate surface area is 147 Å². The van der Waals surface area contributed by atoms with Gasteiger partial charge < -0.3 is 10.4 Å². The van der Waals surface area contributed by atoms with E-state index in [0.717, 1.165) is 28.7 Å². The zero-order valence-electron chi connectivity index (χ0n) is 12.9. The fraction of sp³-hybridized carbons (Fsp3) is 0.375. The molecule has 0 unspecified atom stereocenters. The van der Waals surface area contributed by atoms with Crippen molar-refractivity contribution in [1.82, 2.24) is 20.3 Å². The number of benzene rings is 1. The van der Waals surface area contributed by atoms with Gasteiger partial charge in [-0.25, -0.2) is 4.68 Å². The van der Waals surface area contributed by atoms with E-state index in [-0.39, 0.29) is 12.3 Å². The van der Waals surface area contributed by atoms with Gasteiger partial charge in [-0.1, -0.05) is 21.1 Å². The molecule has 1 aliphatic carbocycles. The molecule has 24 heavy (non-hydrogen) atoms. The smallest absolute Gasteiger partial charge is 0.303 e. The second-order valence-corrected chi connectivity index (χ2v) is 6.65. The first-order chi connectivity index (χ1) is 11.6. The van der Waals surface area contributed by atoms with Crippen molar-refractivity contribution in [2.75, 3.05) is 6.54 Å². The van der Waals surface area contributed by atoms with E-state index < -0.39 is 5.97 Å². The molecule has 0 radical (unpaired) electrons. The van der Waals surface area contributed by atoms with Crippen LogP contribution in [0.25, 0.3) is 5.69 Å². The zero-order valence-corrected chi connectivity index (χ0v) is 14.5. The minimum Gasteiger partial charge on any atom is -0.481 e. The van der Waals surface area contributed by atoms with Gasteiger partial charge in [0.1, 0.15) is 0 Å². The van der Waals surface area contributed by atoms with Crippen molar-refractivity contribution in [3.8, 4) is 5.69 Å². The Balaban J connectivity index is 1.77. The summed E-state index contributed by atoms with van der Waals surface area (Å²) < 4.78 is 2.69. The molecular weight excluding hydrogens is 376 g/mol. The quantitative estimate of drug-likeness (QED) is 0.705. The van der Waals surface area contributed by atoms with E-state index in [1.165, 1.54) is 0 Å². The summed E-state index contributed by atoms with van der Waals surface area (Å²) in [5, 5.41) is 19.6. The second kappa shape index (κ2) is 7.12. The fourth-order valence-electron chi connectivity index (χ4n) is 2.47. The van der Waals surface area contributed by atoms with Gasteiger partial charge in [0.05, 0.1) is 11.4 Å². The number of nitrogens with one attached hydrogen (secondary N) is 1. The summed E-state index contributed by atoms with van der Waals surface area (Å²) in [6, 6.07) is 7.66. The van der Waals surface area contributed by atoms with Gasteiger partial charge in [-0.15, -0.1) is 5.10 Å². The highest BCUT2D eigenvalue weighted by molar-refractivity contribution is 9.10. The number of hydrogen-bond acceptors (Lipinski definition) is 4. The number of aliphatic carboxylic acids is 1. The molecule has 1 fully saturated rings. The molecule has 2 aromatic rings. The summed E-state index contributed by atoms with van der Waals surface area (Å²) in [7, 11) is 0. The molecule has 0 atom stereocenters. The maximum Gasteiger partial charge on any atom is 0.303 e. The number of carboxylic acids is 1. The zero-order chi connectivity index (χ0) is 17.1. The first-order valence-corrected chi connectivity index (χ1v) is 8.57. The maximum absolute atomic E-state index is 12.4. The SMILES string of the molecule is O=C(O)CCCNC(=O)c1nnn(-c2ccc(Br)cc2)c1C1CC1. The lowest BCUT2D eigenvalue weighted by Crippen LogP contribution is -2.26. The highest BCUT2D eigenvalue weighted by Crippen LogP contribution is 2.42. The largest absolute Gasteiger partial charge is 0.481 e. The number of carboxylic acid groups (broad SMARTS) is 1. The second-order valence-electron chi connectivity index (χ2n) is 5.74. The van der Waals surface area contributed by atoms with Gasteiger partial charge >= 0.3 is 5.97 Å². The molecule has 1 heterocycles. The molecule has 3 rings (SSSR count). The number of carbonyl (C=O) groups is 2. The summed E-state index contributed by atoms with van der Waals surface area (Å²) >= 11 is 3.40. The lowest BCUT2D eigenvalue weighted by atomic mass is 10.2. The summed E-state index contributed by atoms with van der Waals surface area (Å²) in [6.45, 7) is 0.306. The monoisotopic (exact) mass is 392 g/mol. The first kappa shape index (κ1) is 16.6. The van der Waals surface area contributed by atoms with Gasteiger partial charge in [0.2, 0.25) is 0 Å². The standard InChI is InChI=1S/C16H17BrN4O3/c17-11-5-7-12(8-6-11)21-15(10-3-4-10)14(19-20-21)16(24)18-9-1-2-13(22)23/h5-8,10H,1-4,9H2,(H,18,24)(H,22,23). The predicted octanol–water partition coefficient (Wildman–Crippen LogP) is 2.50. The molecule has 0 bridgehead atoms. The van der Waals surface area contributed by atoms with E-state index in [1.54, 1.807) is 4.68 Å². The van der Waals surface area contributed by atoms with Crippen molar-refractivity contribution in [2.24, 2.45) is 0 Å². The normalized spacial score (nSPS) is 13.7. The average Bonchev–Trinajstić information content (AvgIpc) is 3.30. The Morgan fingerprint density at radius 1 is 1.29 bits per heavy atom. The number of rotatable bonds is 7. The Hall–Kier alpha value is -2.22. The van der Waals surface area contributed by atoms with Crippen LogP contribution in [0.1, 0.15) is 47.8 Å². The van der Waals surface area contributed by atoms with Crippen molar-refractivity contribution < 1.29 is 14.7 Å². The molecule has 2 N–H and O–H groups in total. The van der Waals surface area contributed by atoms with E-state index in [4.69, 9.17) is 5.11 Å². The number of carbonyl (C=O) groups excluding carboxylic acids is 1. The predicted molar refractivity (Wildman–Crippen MR) is 90.2 cm³/mol. The molecular formula is C16H17BrN4O3. The van der Waals surface area contributed by atoms with Crippen LogP contribution in [0, 0.1) is 0 Å². The Bertz CT molecular complexity index is 753. The molecule has 126 valence electrons. The number of hydrogen-bond donors (Lipinski definition) is 2. The third kappa shape index (κ3) is 3.81. The molecule has 0 spiro atoms. The molecule has 1 aromatic carbocycles. The Morgan fingerprint density at radius 3 is 2.62 bits per heavy atom. The van der Waals surface area contributed by atoms with Crippen LogP contribution < -0.4 is 5.32 Å². The van der Waals surface area contributed by atoms with E-state index in [1.807, 2.05) is 24.3 Å². The Morgan fingerprint density at radius 2 is 2.00 bits per heavy atom. The van der Waals surface area contributed by atoms with Crippen molar-refractivity contribution >= 4 is 27.8 Å². The summed E-state index contributed by atoms with van der Waals surface area (Å²) in [5.74, 6) is -0.877. The lowest BCUT2D eigenvalue weighted by molar-refractivity contribution is -0.137. The minimum absolute atomic E-state index is 0.0291. The molecule has 1 saturated carbocycles. The minimum atomic E-state index is -0.871. The lowest BCUT2D eigenvalue weighted by Gasteiger charge is -2.07. The van der Waals surface area contributed by atoms with Gasteiger partial charge in [-0.2, -0.15) is 0 Å². The average molecular weight is 393 g/mol. The van der Waals surface area contributed by atoms with E-state index in [9.17, 15) is 9.59 Å². The van der Waals surface area contributed by atoms with Crippen molar-refractivity contribution in [3.05, 3.63) is 40.1 Å². The third-order valence-corrected chi connectivity index (χ3v) is 4.34. The first-order valence-electron chi connectivity index (χ1n) is 7.78. The van der Waals surface area contributed by atoms with Gasteiger partial charge in [0.25, 0.3) is 5.91 Å². The molecule has 0 saturated heterocycles. The van der Waals surface area contributed by atoms with Crippen LogP contribution in [0.5, 0.6) is 0 Å². The Kier molecular flexibility index (Phi) is 4.94. The number of halogens is 1. The molecule has 7 nitrogen and oxygen atoms in total. The van der Waals surface area contributed by atoms with Crippen LogP contribution in [0.4, 0.5) is 0 Å². The van der Waals surface area contributed by atoms with Gasteiger partial charge in [0, 0.05) is 23.4 Å². The van der Waals surface area contributed by atoms with Crippen molar-refractivity contribution in [1.29, 1.82) is 0 Å². The maximum atomic E-state index is 12.4. The summed E-state index contributed by atoms with van der Waals surface area (Å²) in [4.78, 5) is 22.9. The van der Waals surface area contributed by atoms with Crippen LogP contribution in [0.15, 0.2) is 28.7 Å². The highest BCUT2D eigenvalue weighted by atomic mass is 79.9. The van der Waals surface area contributed by atoms with Crippen molar-refractivity contribution in [2.45, 2.75) is 31.6 Å². The highest BCUT2D eigenvalue weighted by Gasteiger charge is 2.34. The van der Waals surface area contributed by atoms with Gasteiger partial charge in [0.15, 0.2) is 5.69 Å². The molecule has 1 amide bonds. The molecule has 1 aliphatic rings. The van der Waals surface area contributed by atoms with Crippen LogP contribution in [-0.4, -0.2) is 38.5 Å². The van der Waals surface area contributed by atoms with Crippen LogP contribution in [0.2, 0.25) is 0 Å². The van der Waals surface area contributed by atoms with Gasteiger partial charge in [-0.3, -0.25) is 9.59 Å². The fourth-order valence-corrected chi connectivity index (χ4v) is 2.74. The summed E-state index contributed by atoms with van der Waals surface area (Å²) in [6.07, 6.45) is 2.45. The van der Waals surface area contributed by atoms with E-state index >= 15 is 0 Å². The number of aromatic nitrogens is 3. The number of nitrogens with zero attached hydrogens (tertiary/aromatic N) is 3. The molecule has 1 aromatic heterocycles. The molecule has 0 aliphatic heterocycles. The molecule has 8 heteroatoms. The topological polar surface area (TPSA) is 97.1 Å². The number of amides is 1. The van der Waals surface area contributed by atoms with Crippen LogP contribution in [-0.2, 0) is 4.79 Å². The van der Waals surface area contributed by atoms with Crippen LogP contribution in [0.3, 0.4) is 0 Å². The van der Waals surface area contributed by atoms with E-state index in [2.05, 4.69) is 31.6 Å². The van der Waals surface area contributed by atoms with Crippen LogP contribution >= 0.6 is 15.9 Å². The van der Waals surface area contributed by atoms with Crippen molar-refractivity contribution in [3.63, 3.8) is 0 Å². The van der Waals surface area contributed by atoms with E-state index in [0.29, 0.717) is 24.6 Å². The summed E-state index contributed by atoms with van der Waals surface area (Å²) in [5.41, 5.74) is 2.02. The van der Waals surface area contributed by atoms with Gasteiger partial charge in [-0.05, 0) is 43.5 Å². The third-order valence-electron chi connectivity index (χ3n) is 3.81.